The maximum Gasteiger partial charge on any atom is 0.306 e. The Kier molecular flexibility index (Phi) is 6.66. The van der Waals surface area contributed by atoms with E-state index in [0.29, 0.717) is 17.7 Å². The minimum Gasteiger partial charge on any atom is -0.496 e. The van der Waals surface area contributed by atoms with Crippen molar-refractivity contribution in [3.63, 3.8) is 0 Å². The number of nitriles is 1. The van der Waals surface area contributed by atoms with Gasteiger partial charge in [-0.3, -0.25) is 4.79 Å². The van der Waals surface area contributed by atoms with E-state index in [0.717, 1.165) is 11.3 Å². The number of aryl methyl sites for hydroxylation is 1. The molecule has 0 saturated heterocycles. The van der Waals surface area contributed by atoms with Crippen LogP contribution in [0.15, 0.2) is 48.5 Å². The lowest BCUT2D eigenvalue weighted by molar-refractivity contribution is -0.144. The lowest BCUT2D eigenvalue weighted by Gasteiger charge is -2.09. The molecule has 2 aromatic carbocycles. The summed E-state index contributed by atoms with van der Waals surface area (Å²) in [6.45, 7) is 0.455. The van der Waals surface area contributed by atoms with Gasteiger partial charge in [0.25, 0.3) is 0 Å². The first-order valence-electron chi connectivity index (χ1n) is 7.63. The lowest BCUT2D eigenvalue weighted by Crippen LogP contribution is -2.12. The molecule has 0 unspecified atom stereocenters. The Labute approximate surface area is 141 Å². The molecular formula is C19H19NO4. The molecule has 24 heavy (non-hydrogen) atoms. The summed E-state index contributed by atoms with van der Waals surface area (Å²) in [6.07, 6.45) is 0.858. The molecule has 0 aliphatic heterocycles. The number of rotatable bonds is 8. The Morgan fingerprint density at radius 1 is 1.08 bits per heavy atom. The molecule has 0 N–H and O–H groups in total. The fourth-order valence-electron chi connectivity index (χ4n) is 2.16. The molecule has 0 atom stereocenters. The van der Waals surface area contributed by atoms with Crippen molar-refractivity contribution in [2.24, 2.45) is 0 Å². The lowest BCUT2D eigenvalue weighted by atomic mass is 10.1. The molecule has 0 saturated carbocycles. The monoisotopic (exact) mass is 325 g/mol. The molecule has 0 spiro atoms. The number of methoxy groups -OCH3 is 1. The van der Waals surface area contributed by atoms with Crippen molar-refractivity contribution in [1.29, 1.82) is 5.26 Å². The molecular weight excluding hydrogens is 306 g/mol. The quantitative estimate of drug-likeness (QED) is 0.551. The van der Waals surface area contributed by atoms with E-state index in [2.05, 4.69) is 0 Å². The molecule has 0 aliphatic carbocycles. The third-order valence-electron chi connectivity index (χ3n) is 3.39. The number of nitrogens with zero attached hydrogens (tertiary/aromatic N) is 1. The van der Waals surface area contributed by atoms with Gasteiger partial charge in [0.1, 0.15) is 24.7 Å². The topological polar surface area (TPSA) is 68.6 Å². The van der Waals surface area contributed by atoms with Crippen LogP contribution in [0.25, 0.3) is 0 Å². The highest BCUT2D eigenvalue weighted by molar-refractivity contribution is 5.69. The summed E-state index contributed by atoms with van der Waals surface area (Å²) in [4.78, 5) is 11.8. The summed E-state index contributed by atoms with van der Waals surface area (Å²) < 4.78 is 15.8. The number of benzene rings is 2. The van der Waals surface area contributed by atoms with Gasteiger partial charge in [-0.1, -0.05) is 18.2 Å². The van der Waals surface area contributed by atoms with Crippen LogP contribution in [-0.2, 0) is 16.0 Å². The highest BCUT2D eigenvalue weighted by Gasteiger charge is 2.07. The number of carbonyl (C=O) groups is 1. The standard InChI is InChI=1S/C19H19NO4/c1-22-18-5-3-2-4-16(18)8-11-19(21)24-13-12-23-17-9-6-15(14-20)7-10-17/h2-7,9-10H,8,11-13H2,1H3. The average Bonchev–Trinajstić information content (AvgIpc) is 2.64. The van der Waals surface area contributed by atoms with Gasteiger partial charge in [0.15, 0.2) is 0 Å². The predicted molar refractivity (Wildman–Crippen MR) is 88.9 cm³/mol. The van der Waals surface area contributed by atoms with Crippen LogP contribution in [0.3, 0.4) is 0 Å². The summed E-state index contributed by atoms with van der Waals surface area (Å²) in [7, 11) is 1.61. The molecule has 2 aromatic rings. The van der Waals surface area contributed by atoms with Crippen LogP contribution in [0.2, 0.25) is 0 Å². The zero-order chi connectivity index (χ0) is 17.2. The first-order valence-corrected chi connectivity index (χ1v) is 7.63. The molecule has 0 fully saturated rings. The van der Waals surface area contributed by atoms with Gasteiger partial charge in [-0.25, -0.2) is 0 Å². The third kappa shape index (κ3) is 5.33. The first-order chi connectivity index (χ1) is 11.7. The summed E-state index contributed by atoms with van der Waals surface area (Å²) >= 11 is 0. The summed E-state index contributed by atoms with van der Waals surface area (Å²) in [5.41, 5.74) is 1.55. The van der Waals surface area contributed by atoms with Gasteiger partial charge in [0, 0.05) is 6.42 Å². The van der Waals surface area contributed by atoms with Gasteiger partial charge in [-0.15, -0.1) is 0 Å². The van der Waals surface area contributed by atoms with Gasteiger partial charge in [-0.05, 0) is 42.3 Å². The van der Waals surface area contributed by atoms with E-state index in [9.17, 15) is 4.79 Å². The van der Waals surface area contributed by atoms with Crippen LogP contribution in [0.5, 0.6) is 11.5 Å². The predicted octanol–water partition coefficient (Wildman–Crippen LogP) is 3.12. The van der Waals surface area contributed by atoms with Gasteiger partial charge in [-0.2, -0.15) is 5.26 Å². The van der Waals surface area contributed by atoms with Crippen LogP contribution in [0.4, 0.5) is 0 Å². The van der Waals surface area contributed by atoms with E-state index in [1.54, 1.807) is 31.4 Å². The van der Waals surface area contributed by atoms with Gasteiger partial charge < -0.3 is 14.2 Å². The van der Waals surface area contributed by atoms with Crippen LogP contribution < -0.4 is 9.47 Å². The second kappa shape index (κ2) is 9.21. The number of hydrogen-bond acceptors (Lipinski definition) is 5. The number of carbonyl (C=O) groups excluding carboxylic acids is 1. The molecule has 0 aromatic heterocycles. The fourth-order valence-corrected chi connectivity index (χ4v) is 2.16. The van der Waals surface area contributed by atoms with Crippen LogP contribution in [0, 0.1) is 11.3 Å². The highest BCUT2D eigenvalue weighted by atomic mass is 16.6. The zero-order valence-corrected chi connectivity index (χ0v) is 13.5. The SMILES string of the molecule is COc1ccccc1CCC(=O)OCCOc1ccc(C#N)cc1. The molecule has 0 bridgehead atoms. The van der Waals surface area contributed by atoms with Crippen molar-refractivity contribution < 1.29 is 19.0 Å². The van der Waals surface area contributed by atoms with Gasteiger partial charge in [0.2, 0.25) is 0 Å². The summed E-state index contributed by atoms with van der Waals surface area (Å²) in [6, 6.07) is 16.4. The second-order valence-electron chi connectivity index (χ2n) is 5.02. The van der Waals surface area contributed by atoms with E-state index in [-0.39, 0.29) is 25.6 Å². The zero-order valence-electron chi connectivity index (χ0n) is 13.5. The minimum atomic E-state index is -0.274. The van der Waals surface area contributed by atoms with Crippen molar-refractivity contribution in [2.45, 2.75) is 12.8 Å². The van der Waals surface area contributed by atoms with E-state index in [1.807, 2.05) is 30.3 Å². The fraction of sp³-hybridized carbons (Fsp3) is 0.263. The van der Waals surface area contributed by atoms with E-state index in [4.69, 9.17) is 19.5 Å². The Balaban J connectivity index is 1.67. The van der Waals surface area contributed by atoms with Crippen molar-refractivity contribution in [1.82, 2.24) is 0 Å². The largest absolute Gasteiger partial charge is 0.496 e. The van der Waals surface area contributed by atoms with Gasteiger partial charge >= 0.3 is 5.97 Å². The number of hydrogen-bond donors (Lipinski definition) is 0. The summed E-state index contributed by atoms with van der Waals surface area (Å²) in [5.74, 6) is 1.14. The van der Waals surface area contributed by atoms with Crippen molar-refractivity contribution in [3.8, 4) is 17.6 Å². The number of para-hydroxylation sites is 1. The Hall–Kier alpha value is -3.00. The molecule has 0 radical (unpaired) electrons. The number of ether oxygens (including phenoxy) is 3. The maximum atomic E-state index is 11.8. The molecule has 5 heteroatoms. The van der Waals surface area contributed by atoms with Crippen LogP contribution in [0.1, 0.15) is 17.5 Å². The maximum absolute atomic E-state index is 11.8. The Bertz CT molecular complexity index is 704. The van der Waals surface area contributed by atoms with Crippen molar-refractivity contribution in [2.75, 3.05) is 20.3 Å². The van der Waals surface area contributed by atoms with Crippen LogP contribution in [-0.4, -0.2) is 26.3 Å². The normalized spacial score (nSPS) is 9.83. The Morgan fingerprint density at radius 2 is 1.83 bits per heavy atom. The number of esters is 1. The molecule has 0 aliphatic rings. The molecule has 0 amide bonds. The average molecular weight is 325 g/mol. The molecule has 0 heterocycles. The highest BCUT2D eigenvalue weighted by Crippen LogP contribution is 2.19. The smallest absolute Gasteiger partial charge is 0.306 e. The molecule has 124 valence electrons. The van der Waals surface area contributed by atoms with Crippen LogP contribution >= 0.6 is 0 Å². The third-order valence-corrected chi connectivity index (χ3v) is 3.39. The van der Waals surface area contributed by atoms with Crippen molar-refractivity contribution in [3.05, 3.63) is 59.7 Å². The van der Waals surface area contributed by atoms with Gasteiger partial charge in [0.05, 0.1) is 18.7 Å². The molecule has 5 nitrogen and oxygen atoms in total. The van der Waals surface area contributed by atoms with E-state index in [1.165, 1.54) is 0 Å². The Morgan fingerprint density at radius 3 is 2.54 bits per heavy atom. The first kappa shape index (κ1) is 17.4. The van der Waals surface area contributed by atoms with Crippen molar-refractivity contribution >= 4 is 5.97 Å². The minimum absolute atomic E-state index is 0.185. The summed E-state index contributed by atoms with van der Waals surface area (Å²) in [5, 5.41) is 8.71. The van der Waals surface area contributed by atoms with E-state index < -0.39 is 0 Å². The second-order valence-corrected chi connectivity index (χ2v) is 5.02. The van der Waals surface area contributed by atoms with E-state index >= 15 is 0 Å². The molecule has 2 rings (SSSR count).